The van der Waals surface area contributed by atoms with Crippen molar-refractivity contribution in [1.82, 2.24) is 15.4 Å². The Morgan fingerprint density at radius 3 is 2.37 bits per heavy atom. The van der Waals surface area contributed by atoms with E-state index in [2.05, 4.69) is 20.1 Å². The minimum atomic E-state index is -2.80. The van der Waals surface area contributed by atoms with Gasteiger partial charge in [0.1, 0.15) is 10.8 Å². The van der Waals surface area contributed by atoms with Crippen LogP contribution in [0.1, 0.15) is 0 Å². The summed E-state index contributed by atoms with van der Waals surface area (Å²) in [5, 5.41) is 10.7. The summed E-state index contributed by atoms with van der Waals surface area (Å²) in [4.78, 5) is 17.1. The zero-order valence-electron chi connectivity index (χ0n) is 9.25. The Hall–Kier alpha value is -2.25. The van der Waals surface area contributed by atoms with E-state index in [9.17, 15) is 8.78 Å². The molecule has 0 saturated carbocycles. The normalized spacial score (nSPS) is 9.42. The lowest BCUT2D eigenvalue weighted by Gasteiger charge is -2.04. The maximum absolute atomic E-state index is 11.9. The van der Waals surface area contributed by atoms with Crippen molar-refractivity contribution in [2.75, 3.05) is 0 Å². The first kappa shape index (κ1) is 14.8. The quantitative estimate of drug-likeness (QED) is 0.925. The molecule has 0 bridgehead atoms. The fourth-order valence-electron chi connectivity index (χ4n) is 1.05. The molecular formula is C10H7F2N3O3S. The van der Waals surface area contributed by atoms with E-state index >= 15 is 0 Å². The van der Waals surface area contributed by atoms with Gasteiger partial charge in [-0.25, -0.2) is 0 Å². The maximum Gasteiger partial charge on any atom is 0.387 e. The molecule has 2 aromatic rings. The predicted molar refractivity (Wildman–Crippen MR) is 58.6 cm³/mol. The molecule has 1 aromatic carbocycles. The van der Waals surface area contributed by atoms with Gasteiger partial charge in [0.05, 0.1) is 6.20 Å². The molecule has 1 N–H and O–H groups in total. The highest BCUT2D eigenvalue weighted by atomic mass is 32.2. The molecule has 0 spiro atoms. The van der Waals surface area contributed by atoms with Gasteiger partial charge in [0.2, 0.25) is 0 Å². The molecule has 0 aliphatic carbocycles. The molecule has 0 aliphatic rings. The van der Waals surface area contributed by atoms with Gasteiger partial charge in [0.15, 0.2) is 0 Å². The Labute approximate surface area is 110 Å². The first-order chi connectivity index (χ1) is 9.15. The average molecular weight is 287 g/mol. The highest BCUT2D eigenvalue weighted by molar-refractivity contribution is 7.99. The molecule has 0 saturated heterocycles. The number of benzene rings is 1. The number of nitrogens with zero attached hydrogens (tertiary/aromatic N) is 2. The van der Waals surface area contributed by atoms with Crippen molar-refractivity contribution in [3.8, 4) is 5.75 Å². The van der Waals surface area contributed by atoms with Crippen molar-refractivity contribution in [2.45, 2.75) is 16.5 Å². The van der Waals surface area contributed by atoms with E-state index in [1.165, 1.54) is 23.9 Å². The highest BCUT2D eigenvalue weighted by Crippen LogP contribution is 2.27. The third-order valence-corrected chi connectivity index (χ3v) is 2.58. The number of ether oxygens (including phenoxy) is 1. The Bertz CT molecular complexity index is 513. The molecule has 100 valence electrons. The average Bonchev–Trinajstić information content (AvgIpc) is 2.85. The Balaban J connectivity index is 0.000000550. The molecule has 0 unspecified atom stereocenters. The van der Waals surface area contributed by atoms with Gasteiger partial charge in [0, 0.05) is 4.90 Å². The number of nitrogens with one attached hydrogen (secondary N) is 1. The van der Waals surface area contributed by atoms with Crippen LogP contribution in [-0.2, 0) is 9.59 Å². The summed E-state index contributed by atoms with van der Waals surface area (Å²) in [6.07, 6.45) is 1.83. The van der Waals surface area contributed by atoms with Crippen LogP contribution in [-0.4, -0.2) is 28.2 Å². The number of carbonyl (C=O) groups excluding carboxylic acids is 2. The zero-order valence-corrected chi connectivity index (χ0v) is 10.1. The van der Waals surface area contributed by atoms with Crippen molar-refractivity contribution in [3.05, 3.63) is 30.5 Å². The maximum atomic E-state index is 11.9. The SMILES string of the molecule is FC(F)Oc1ccc(Sc2cn[nH]n2)cc1.O=C=O. The molecule has 0 aliphatic heterocycles. The minimum absolute atomic E-state index is 0.138. The van der Waals surface area contributed by atoms with E-state index in [4.69, 9.17) is 9.59 Å². The minimum Gasteiger partial charge on any atom is -0.435 e. The van der Waals surface area contributed by atoms with Gasteiger partial charge in [-0.05, 0) is 24.3 Å². The van der Waals surface area contributed by atoms with Gasteiger partial charge >= 0.3 is 12.8 Å². The van der Waals surface area contributed by atoms with Crippen molar-refractivity contribution in [1.29, 1.82) is 0 Å². The topological polar surface area (TPSA) is 84.9 Å². The van der Waals surface area contributed by atoms with E-state index in [1.807, 2.05) is 0 Å². The molecule has 0 radical (unpaired) electrons. The van der Waals surface area contributed by atoms with Gasteiger partial charge in [0.25, 0.3) is 0 Å². The van der Waals surface area contributed by atoms with Crippen LogP contribution in [0, 0.1) is 0 Å². The molecule has 0 fully saturated rings. The lowest BCUT2D eigenvalue weighted by Crippen LogP contribution is -2.01. The number of aromatic amines is 1. The van der Waals surface area contributed by atoms with Gasteiger partial charge in [-0.15, -0.1) is 5.10 Å². The second-order valence-electron chi connectivity index (χ2n) is 2.84. The summed E-state index contributed by atoms with van der Waals surface area (Å²) in [6, 6.07) is 6.32. The summed E-state index contributed by atoms with van der Waals surface area (Å²) < 4.78 is 28.0. The number of hydrogen-bond donors (Lipinski definition) is 1. The van der Waals surface area contributed by atoms with Crippen molar-refractivity contribution < 1.29 is 23.1 Å². The first-order valence-electron chi connectivity index (χ1n) is 4.73. The van der Waals surface area contributed by atoms with Crippen LogP contribution >= 0.6 is 11.8 Å². The Morgan fingerprint density at radius 1 is 1.26 bits per heavy atom. The number of H-pyrrole nitrogens is 1. The van der Waals surface area contributed by atoms with Gasteiger partial charge < -0.3 is 4.74 Å². The summed E-state index contributed by atoms with van der Waals surface area (Å²) >= 11 is 1.37. The monoisotopic (exact) mass is 287 g/mol. The van der Waals surface area contributed by atoms with Gasteiger partial charge in [-0.1, -0.05) is 11.8 Å². The number of alkyl halides is 2. The van der Waals surface area contributed by atoms with E-state index in [1.54, 1.807) is 18.3 Å². The number of halogens is 2. The van der Waals surface area contributed by atoms with Gasteiger partial charge in [-0.3, -0.25) is 0 Å². The van der Waals surface area contributed by atoms with E-state index in [0.29, 0.717) is 5.03 Å². The molecule has 1 aromatic heterocycles. The Morgan fingerprint density at radius 2 is 1.89 bits per heavy atom. The standard InChI is InChI=1S/C9H7F2N3OS.CO2/c10-9(11)15-6-1-3-7(4-2-6)16-8-5-12-14-13-8;2-1-3/h1-5,9H,(H,12,13,14);. The van der Waals surface area contributed by atoms with E-state index in [-0.39, 0.29) is 11.9 Å². The molecule has 2 rings (SSSR count). The summed E-state index contributed by atoms with van der Waals surface area (Å²) in [5.74, 6) is 0.138. The first-order valence-corrected chi connectivity index (χ1v) is 5.55. The van der Waals surface area contributed by atoms with Crippen LogP contribution in [0.3, 0.4) is 0 Å². The smallest absolute Gasteiger partial charge is 0.387 e. The molecule has 0 atom stereocenters. The highest BCUT2D eigenvalue weighted by Gasteiger charge is 2.04. The summed E-state index contributed by atoms with van der Waals surface area (Å²) in [7, 11) is 0. The fraction of sp³-hybridized carbons (Fsp3) is 0.100. The lowest BCUT2D eigenvalue weighted by molar-refractivity contribution is -0.191. The molecule has 1 heterocycles. The van der Waals surface area contributed by atoms with Crippen LogP contribution in [0.15, 0.2) is 40.4 Å². The molecule has 19 heavy (non-hydrogen) atoms. The molecule has 0 amide bonds. The van der Waals surface area contributed by atoms with E-state index in [0.717, 1.165) is 4.90 Å². The Kier molecular flexibility index (Phi) is 6.20. The number of rotatable bonds is 4. The van der Waals surface area contributed by atoms with Crippen molar-refractivity contribution >= 4 is 17.9 Å². The zero-order chi connectivity index (χ0) is 14.1. The van der Waals surface area contributed by atoms with Crippen LogP contribution in [0.5, 0.6) is 5.75 Å². The fourth-order valence-corrected chi connectivity index (χ4v) is 1.76. The molecule has 9 heteroatoms. The predicted octanol–water partition coefficient (Wildman–Crippen LogP) is 1.97. The molecule has 6 nitrogen and oxygen atoms in total. The van der Waals surface area contributed by atoms with Crippen molar-refractivity contribution in [2.24, 2.45) is 0 Å². The third kappa shape index (κ3) is 5.75. The van der Waals surface area contributed by atoms with Crippen molar-refractivity contribution in [3.63, 3.8) is 0 Å². The molecular weight excluding hydrogens is 280 g/mol. The third-order valence-electron chi connectivity index (χ3n) is 1.66. The summed E-state index contributed by atoms with van der Waals surface area (Å²) in [6.45, 7) is -2.80. The van der Waals surface area contributed by atoms with Crippen LogP contribution in [0.25, 0.3) is 0 Å². The lowest BCUT2D eigenvalue weighted by atomic mass is 10.3. The second-order valence-corrected chi connectivity index (χ2v) is 3.94. The largest absolute Gasteiger partial charge is 0.435 e. The second kappa shape index (κ2) is 7.96. The van der Waals surface area contributed by atoms with Crippen LogP contribution in [0.2, 0.25) is 0 Å². The number of aromatic nitrogens is 3. The van der Waals surface area contributed by atoms with Crippen LogP contribution < -0.4 is 4.74 Å². The number of hydrogen-bond acceptors (Lipinski definition) is 6. The van der Waals surface area contributed by atoms with Crippen LogP contribution in [0.4, 0.5) is 8.78 Å². The van der Waals surface area contributed by atoms with Gasteiger partial charge in [-0.2, -0.15) is 28.7 Å². The van der Waals surface area contributed by atoms with E-state index < -0.39 is 6.61 Å². The summed E-state index contributed by atoms with van der Waals surface area (Å²) in [5.41, 5.74) is 0.